The van der Waals surface area contributed by atoms with Crippen LogP contribution in [0.5, 0.6) is 0 Å². The van der Waals surface area contributed by atoms with Crippen LogP contribution in [0, 0.1) is 0 Å². The number of fused-ring (bicyclic) bond motifs is 5. The molecular weight excluding hydrogens is 418 g/mol. The van der Waals surface area contributed by atoms with Gasteiger partial charge in [-0.15, -0.1) is 0 Å². The van der Waals surface area contributed by atoms with Gasteiger partial charge in [0.2, 0.25) is 10.0 Å². The van der Waals surface area contributed by atoms with Crippen LogP contribution in [0.25, 0.3) is 27.6 Å². The van der Waals surface area contributed by atoms with E-state index in [1.54, 1.807) is 22.7 Å². The maximum atomic E-state index is 12.8. The van der Waals surface area contributed by atoms with E-state index in [0.29, 0.717) is 28.7 Å². The number of aromatic amines is 1. The van der Waals surface area contributed by atoms with E-state index in [1.807, 2.05) is 12.1 Å². The van der Waals surface area contributed by atoms with E-state index in [-0.39, 0.29) is 10.5 Å². The molecule has 0 saturated carbocycles. The summed E-state index contributed by atoms with van der Waals surface area (Å²) >= 11 is 0. The van der Waals surface area contributed by atoms with Crippen molar-refractivity contribution in [3.63, 3.8) is 0 Å². The molecule has 0 radical (unpaired) electrons. The third-order valence-electron chi connectivity index (χ3n) is 5.61. The molecular formula is C21H23N5O4S. The molecule has 1 saturated heterocycles. The van der Waals surface area contributed by atoms with Crippen LogP contribution in [0.1, 0.15) is 6.42 Å². The highest BCUT2D eigenvalue weighted by molar-refractivity contribution is 7.89. The van der Waals surface area contributed by atoms with Crippen molar-refractivity contribution in [1.82, 2.24) is 24.0 Å². The lowest BCUT2D eigenvalue weighted by molar-refractivity contribution is 0.0376. The summed E-state index contributed by atoms with van der Waals surface area (Å²) in [5.41, 5.74) is 1.42. The highest BCUT2D eigenvalue weighted by Gasteiger charge is 2.17. The fourth-order valence-corrected chi connectivity index (χ4v) is 5.06. The molecule has 1 aliphatic rings. The van der Waals surface area contributed by atoms with Gasteiger partial charge in [0.25, 0.3) is 5.56 Å². The van der Waals surface area contributed by atoms with Crippen LogP contribution in [0.3, 0.4) is 0 Å². The van der Waals surface area contributed by atoms with E-state index < -0.39 is 10.0 Å². The third kappa shape index (κ3) is 3.83. The SMILES string of the molecule is O=c1[nH]c2c(nc3cc(S(=O)(=O)NCCCN4CCOCC4)ccn32)c2ccccc12. The van der Waals surface area contributed by atoms with Crippen molar-refractivity contribution >= 4 is 37.6 Å². The Labute approximate surface area is 178 Å². The number of morpholine rings is 1. The monoisotopic (exact) mass is 441 g/mol. The van der Waals surface area contributed by atoms with Crippen molar-refractivity contribution < 1.29 is 13.2 Å². The van der Waals surface area contributed by atoms with Crippen molar-refractivity contribution in [2.45, 2.75) is 11.3 Å². The zero-order chi connectivity index (χ0) is 21.4. The number of sulfonamides is 1. The second-order valence-corrected chi connectivity index (χ2v) is 9.37. The van der Waals surface area contributed by atoms with Crippen LogP contribution < -0.4 is 10.3 Å². The normalized spacial score (nSPS) is 15.9. The zero-order valence-corrected chi connectivity index (χ0v) is 17.7. The van der Waals surface area contributed by atoms with Crippen molar-refractivity contribution in [1.29, 1.82) is 0 Å². The van der Waals surface area contributed by atoms with E-state index >= 15 is 0 Å². The van der Waals surface area contributed by atoms with E-state index in [0.717, 1.165) is 44.7 Å². The highest BCUT2D eigenvalue weighted by Crippen LogP contribution is 2.23. The van der Waals surface area contributed by atoms with Gasteiger partial charge in [0.05, 0.1) is 18.1 Å². The minimum atomic E-state index is -3.66. The molecule has 2 N–H and O–H groups in total. The van der Waals surface area contributed by atoms with Crippen LogP contribution in [0.4, 0.5) is 0 Å². The van der Waals surface area contributed by atoms with E-state index in [9.17, 15) is 13.2 Å². The number of nitrogens with zero attached hydrogens (tertiary/aromatic N) is 3. The number of benzene rings is 1. The first-order valence-electron chi connectivity index (χ1n) is 10.3. The smallest absolute Gasteiger partial charge is 0.257 e. The topological polar surface area (TPSA) is 109 Å². The first-order chi connectivity index (χ1) is 15.0. The number of rotatable bonds is 6. The second-order valence-electron chi connectivity index (χ2n) is 7.60. The van der Waals surface area contributed by atoms with Gasteiger partial charge in [-0.1, -0.05) is 18.2 Å². The van der Waals surface area contributed by atoms with Crippen LogP contribution in [0.2, 0.25) is 0 Å². The number of H-pyrrole nitrogens is 1. The minimum absolute atomic E-state index is 0.147. The summed E-state index contributed by atoms with van der Waals surface area (Å²) in [4.78, 5) is 22.3. The summed E-state index contributed by atoms with van der Waals surface area (Å²) in [5, 5.41) is 1.28. The van der Waals surface area contributed by atoms with Crippen molar-refractivity contribution in [3.05, 3.63) is 52.9 Å². The lowest BCUT2D eigenvalue weighted by atomic mass is 10.1. The van der Waals surface area contributed by atoms with Gasteiger partial charge in [0.1, 0.15) is 16.8 Å². The van der Waals surface area contributed by atoms with Gasteiger partial charge in [0.15, 0.2) is 0 Å². The van der Waals surface area contributed by atoms with Crippen LogP contribution in [-0.2, 0) is 14.8 Å². The van der Waals surface area contributed by atoms with Crippen LogP contribution in [-0.4, -0.2) is 67.1 Å². The van der Waals surface area contributed by atoms with Crippen molar-refractivity contribution in [3.8, 4) is 0 Å². The molecule has 162 valence electrons. The Kier molecular flexibility index (Phi) is 5.22. The Balaban J connectivity index is 1.40. The van der Waals surface area contributed by atoms with E-state index in [4.69, 9.17) is 4.74 Å². The molecule has 31 heavy (non-hydrogen) atoms. The quantitative estimate of drug-likeness (QED) is 0.437. The Morgan fingerprint density at radius 3 is 2.71 bits per heavy atom. The van der Waals surface area contributed by atoms with Gasteiger partial charge >= 0.3 is 0 Å². The Hall–Kier alpha value is -2.79. The van der Waals surface area contributed by atoms with E-state index in [2.05, 4.69) is 19.6 Å². The predicted octanol–water partition coefficient (Wildman–Crippen LogP) is 1.33. The molecule has 0 atom stereocenters. The Bertz CT molecular complexity index is 1420. The maximum Gasteiger partial charge on any atom is 0.257 e. The summed E-state index contributed by atoms with van der Waals surface area (Å²) in [6.07, 6.45) is 2.35. The van der Waals surface area contributed by atoms with Gasteiger partial charge in [0, 0.05) is 42.7 Å². The van der Waals surface area contributed by atoms with Crippen LogP contribution >= 0.6 is 0 Å². The molecule has 1 aliphatic heterocycles. The van der Waals surface area contributed by atoms with Gasteiger partial charge in [-0.2, -0.15) is 0 Å². The largest absolute Gasteiger partial charge is 0.379 e. The molecule has 10 heteroatoms. The molecule has 0 bridgehead atoms. The lowest BCUT2D eigenvalue weighted by Crippen LogP contribution is -2.38. The summed E-state index contributed by atoms with van der Waals surface area (Å²) in [6.45, 7) is 4.41. The van der Waals surface area contributed by atoms with Crippen molar-refractivity contribution in [2.24, 2.45) is 0 Å². The molecule has 1 fully saturated rings. The predicted molar refractivity (Wildman–Crippen MR) is 118 cm³/mol. The molecule has 1 aromatic carbocycles. The molecule has 0 amide bonds. The van der Waals surface area contributed by atoms with Crippen LogP contribution in [0.15, 0.2) is 52.3 Å². The molecule has 4 aromatic rings. The second kappa shape index (κ2) is 8.04. The number of hydrogen-bond donors (Lipinski definition) is 2. The molecule has 4 heterocycles. The fourth-order valence-electron chi connectivity index (χ4n) is 3.98. The average Bonchev–Trinajstić information content (AvgIpc) is 3.16. The summed E-state index contributed by atoms with van der Waals surface area (Å²) in [5.74, 6) is 0. The minimum Gasteiger partial charge on any atom is -0.379 e. The number of ether oxygens (including phenoxy) is 1. The molecule has 0 unspecified atom stereocenters. The summed E-state index contributed by atoms with van der Waals surface area (Å²) < 4.78 is 35.2. The lowest BCUT2D eigenvalue weighted by Gasteiger charge is -2.26. The zero-order valence-electron chi connectivity index (χ0n) is 16.9. The molecule has 0 aliphatic carbocycles. The molecule has 9 nitrogen and oxygen atoms in total. The number of imidazole rings is 1. The van der Waals surface area contributed by atoms with Gasteiger partial charge in [-0.05, 0) is 25.1 Å². The number of pyridine rings is 2. The molecule has 0 spiro atoms. The molecule has 3 aromatic heterocycles. The summed E-state index contributed by atoms with van der Waals surface area (Å²) in [7, 11) is -3.66. The Morgan fingerprint density at radius 1 is 1.13 bits per heavy atom. The third-order valence-corrected chi connectivity index (χ3v) is 7.07. The number of nitrogens with one attached hydrogen (secondary N) is 2. The van der Waals surface area contributed by atoms with Crippen molar-refractivity contribution in [2.75, 3.05) is 39.4 Å². The standard InChI is InChI=1S/C21H23N5O4S/c27-21-17-5-2-1-4-16(17)19-20(24-21)26-9-6-15(14-18(26)23-19)31(28,29)22-7-3-8-25-10-12-30-13-11-25/h1-2,4-6,9,14,22H,3,7-8,10-13H2,(H,24,27). The first kappa shape index (κ1) is 20.1. The van der Waals surface area contributed by atoms with Gasteiger partial charge in [-0.25, -0.2) is 18.1 Å². The first-order valence-corrected chi connectivity index (χ1v) is 11.7. The fraction of sp³-hybridized carbons (Fsp3) is 0.333. The summed E-state index contributed by atoms with van der Waals surface area (Å²) in [6, 6.07) is 10.3. The number of hydrogen-bond acceptors (Lipinski definition) is 6. The maximum absolute atomic E-state index is 12.8. The van der Waals surface area contributed by atoms with Gasteiger partial charge in [-0.3, -0.25) is 14.1 Å². The average molecular weight is 442 g/mol. The Morgan fingerprint density at radius 2 is 1.90 bits per heavy atom. The number of aromatic nitrogens is 3. The molecule has 5 rings (SSSR count). The van der Waals surface area contributed by atoms with Gasteiger partial charge < -0.3 is 9.72 Å². The highest BCUT2D eigenvalue weighted by atomic mass is 32.2. The van der Waals surface area contributed by atoms with E-state index in [1.165, 1.54) is 12.1 Å².